The molecule has 2 aromatic carbocycles. The van der Waals surface area contributed by atoms with Crippen LogP contribution >= 0.6 is 15.9 Å². The molecule has 0 aliphatic rings. The SMILES string of the molecule is Cc1cccc(C)c1OCC(=O)NNC(=O)/C=C/c1ccccc1Br. The summed E-state index contributed by atoms with van der Waals surface area (Å²) in [7, 11) is 0. The van der Waals surface area contributed by atoms with E-state index < -0.39 is 11.8 Å². The van der Waals surface area contributed by atoms with E-state index in [0.717, 1.165) is 21.2 Å². The number of halogens is 1. The second-order valence-electron chi connectivity index (χ2n) is 5.40. The van der Waals surface area contributed by atoms with Crippen molar-refractivity contribution in [2.24, 2.45) is 0 Å². The first-order chi connectivity index (χ1) is 12.0. The lowest BCUT2D eigenvalue weighted by molar-refractivity contribution is -0.128. The molecule has 0 aliphatic heterocycles. The third kappa shape index (κ3) is 5.76. The quantitative estimate of drug-likeness (QED) is 0.595. The number of carbonyl (C=O) groups excluding carboxylic acids is 2. The van der Waals surface area contributed by atoms with Crippen molar-refractivity contribution in [2.45, 2.75) is 13.8 Å². The van der Waals surface area contributed by atoms with Crippen LogP contribution in [0.5, 0.6) is 5.75 Å². The van der Waals surface area contributed by atoms with Crippen molar-refractivity contribution >= 4 is 33.8 Å². The topological polar surface area (TPSA) is 67.4 Å². The van der Waals surface area contributed by atoms with Crippen LogP contribution in [-0.2, 0) is 9.59 Å². The summed E-state index contributed by atoms with van der Waals surface area (Å²) in [6, 6.07) is 13.3. The van der Waals surface area contributed by atoms with Gasteiger partial charge in [-0.1, -0.05) is 52.3 Å². The van der Waals surface area contributed by atoms with Gasteiger partial charge in [0.1, 0.15) is 5.75 Å². The maximum atomic E-state index is 11.8. The van der Waals surface area contributed by atoms with E-state index in [1.807, 2.05) is 56.3 Å². The summed E-state index contributed by atoms with van der Waals surface area (Å²) < 4.78 is 6.40. The zero-order chi connectivity index (χ0) is 18.2. The van der Waals surface area contributed by atoms with Crippen molar-refractivity contribution in [2.75, 3.05) is 6.61 Å². The number of benzene rings is 2. The van der Waals surface area contributed by atoms with Crippen molar-refractivity contribution in [1.82, 2.24) is 10.9 Å². The summed E-state index contributed by atoms with van der Waals surface area (Å²) in [5, 5.41) is 0. The van der Waals surface area contributed by atoms with Gasteiger partial charge < -0.3 is 4.74 Å². The molecule has 25 heavy (non-hydrogen) atoms. The molecule has 2 aromatic rings. The molecule has 0 saturated heterocycles. The number of nitrogens with one attached hydrogen (secondary N) is 2. The number of hydrogen-bond acceptors (Lipinski definition) is 3. The number of hydrogen-bond donors (Lipinski definition) is 2. The fraction of sp³-hybridized carbons (Fsp3) is 0.158. The molecule has 0 heterocycles. The summed E-state index contributed by atoms with van der Waals surface area (Å²) in [6.45, 7) is 3.64. The summed E-state index contributed by atoms with van der Waals surface area (Å²) in [4.78, 5) is 23.5. The minimum Gasteiger partial charge on any atom is -0.483 e. The summed E-state index contributed by atoms with van der Waals surface area (Å²) in [5.41, 5.74) is 7.40. The van der Waals surface area contributed by atoms with Crippen LogP contribution in [0, 0.1) is 13.8 Å². The lowest BCUT2D eigenvalue weighted by Crippen LogP contribution is -2.43. The van der Waals surface area contributed by atoms with Gasteiger partial charge in [0.05, 0.1) is 0 Å². The third-order valence-corrected chi connectivity index (χ3v) is 4.12. The van der Waals surface area contributed by atoms with Gasteiger partial charge in [-0.15, -0.1) is 0 Å². The molecule has 6 heteroatoms. The minimum absolute atomic E-state index is 0.181. The summed E-state index contributed by atoms with van der Waals surface area (Å²) >= 11 is 3.39. The Labute approximate surface area is 155 Å². The van der Waals surface area contributed by atoms with Gasteiger partial charge in [0.15, 0.2) is 6.61 Å². The van der Waals surface area contributed by atoms with Crippen LogP contribution in [0.1, 0.15) is 16.7 Å². The summed E-state index contributed by atoms with van der Waals surface area (Å²) in [6.07, 6.45) is 2.99. The number of aryl methyl sites for hydroxylation is 2. The first kappa shape index (κ1) is 18.7. The number of para-hydroxylation sites is 1. The van der Waals surface area contributed by atoms with Crippen molar-refractivity contribution in [3.63, 3.8) is 0 Å². The van der Waals surface area contributed by atoms with Gasteiger partial charge in [-0.3, -0.25) is 20.4 Å². The molecule has 0 fully saturated rings. The van der Waals surface area contributed by atoms with E-state index in [4.69, 9.17) is 4.74 Å². The van der Waals surface area contributed by atoms with Gasteiger partial charge in [-0.05, 0) is 42.7 Å². The number of amides is 2. The minimum atomic E-state index is -0.440. The molecule has 0 bridgehead atoms. The predicted octanol–water partition coefficient (Wildman–Crippen LogP) is 3.31. The van der Waals surface area contributed by atoms with Gasteiger partial charge >= 0.3 is 0 Å². The van der Waals surface area contributed by atoms with E-state index in [9.17, 15) is 9.59 Å². The third-order valence-electron chi connectivity index (χ3n) is 3.40. The molecule has 2 amide bonds. The van der Waals surface area contributed by atoms with E-state index in [0.29, 0.717) is 5.75 Å². The maximum Gasteiger partial charge on any atom is 0.276 e. The van der Waals surface area contributed by atoms with Gasteiger partial charge in [-0.25, -0.2) is 0 Å². The molecular formula is C19H19BrN2O3. The molecule has 130 valence electrons. The molecule has 0 spiro atoms. The Morgan fingerprint density at radius 2 is 1.72 bits per heavy atom. The summed E-state index contributed by atoms with van der Waals surface area (Å²) in [5.74, 6) is -0.195. The monoisotopic (exact) mass is 402 g/mol. The zero-order valence-electron chi connectivity index (χ0n) is 14.0. The molecule has 5 nitrogen and oxygen atoms in total. The van der Waals surface area contributed by atoms with Gasteiger partial charge in [-0.2, -0.15) is 0 Å². The molecule has 0 radical (unpaired) electrons. The van der Waals surface area contributed by atoms with Gasteiger partial charge in [0, 0.05) is 10.5 Å². The number of carbonyl (C=O) groups is 2. The van der Waals surface area contributed by atoms with Crippen molar-refractivity contribution < 1.29 is 14.3 Å². The Bertz CT molecular complexity index is 783. The Balaban J connectivity index is 1.80. The second-order valence-corrected chi connectivity index (χ2v) is 6.26. The van der Waals surface area contributed by atoms with Gasteiger partial charge in [0.2, 0.25) is 0 Å². The van der Waals surface area contributed by atoms with E-state index in [2.05, 4.69) is 26.8 Å². The fourth-order valence-electron chi connectivity index (χ4n) is 2.15. The Morgan fingerprint density at radius 3 is 2.40 bits per heavy atom. The molecule has 0 aromatic heterocycles. The van der Waals surface area contributed by atoms with Crippen LogP contribution in [0.4, 0.5) is 0 Å². The molecule has 2 N–H and O–H groups in total. The van der Waals surface area contributed by atoms with Crippen LogP contribution in [0.2, 0.25) is 0 Å². The molecule has 0 unspecified atom stereocenters. The Hall–Kier alpha value is -2.60. The molecule has 2 rings (SSSR count). The molecule has 0 saturated carbocycles. The lowest BCUT2D eigenvalue weighted by Gasteiger charge is -2.11. The normalized spacial score (nSPS) is 10.5. The zero-order valence-corrected chi connectivity index (χ0v) is 15.6. The number of ether oxygens (including phenoxy) is 1. The first-order valence-corrected chi connectivity index (χ1v) is 8.47. The van der Waals surface area contributed by atoms with E-state index in [-0.39, 0.29) is 6.61 Å². The smallest absolute Gasteiger partial charge is 0.276 e. The second kappa shape index (κ2) is 9.03. The van der Waals surface area contributed by atoms with Crippen LogP contribution < -0.4 is 15.6 Å². The maximum absolute atomic E-state index is 11.8. The van der Waals surface area contributed by atoms with Crippen LogP contribution in [0.25, 0.3) is 6.08 Å². The largest absolute Gasteiger partial charge is 0.483 e. The van der Waals surface area contributed by atoms with E-state index in [1.165, 1.54) is 6.08 Å². The van der Waals surface area contributed by atoms with Crippen LogP contribution in [0.15, 0.2) is 53.0 Å². The first-order valence-electron chi connectivity index (χ1n) is 7.68. The van der Waals surface area contributed by atoms with Crippen molar-refractivity contribution in [3.05, 3.63) is 69.7 Å². The highest BCUT2D eigenvalue weighted by Crippen LogP contribution is 2.22. The predicted molar refractivity (Wildman–Crippen MR) is 101 cm³/mol. The highest BCUT2D eigenvalue weighted by molar-refractivity contribution is 9.10. The Kier molecular flexibility index (Phi) is 6.77. The Morgan fingerprint density at radius 1 is 1.04 bits per heavy atom. The highest BCUT2D eigenvalue weighted by Gasteiger charge is 2.07. The number of rotatable bonds is 5. The molecular weight excluding hydrogens is 384 g/mol. The standard InChI is InChI=1S/C19H19BrN2O3/c1-13-6-5-7-14(2)19(13)25-12-18(24)22-21-17(23)11-10-15-8-3-4-9-16(15)20/h3-11H,12H2,1-2H3,(H,21,23)(H,22,24)/b11-10+. The average molecular weight is 403 g/mol. The van der Waals surface area contributed by atoms with Crippen LogP contribution in [0.3, 0.4) is 0 Å². The average Bonchev–Trinajstić information content (AvgIpc) is 2.59. The van der Waals surface area contributed by atoms with Gasteiger partial charge in [0.25, 0.3) is 11.8 Å². The van der Waals surface area contributed by atoms with E-state index in [1.54, 1.807) is 6.08 Å². The number of hydrazine groups is 1. The fourth-order valence-corrected chi connectivity index (χ4v) is 2.57. The lowest BCUT2D eigenvalue weighted by atomic mass is 10.1. The van der Waals surface area contributed by atoms with E-state index >= 15 is 0 Å². The highest BCUT2D eigenvalue weighted by atomic mass is 79.9. The molecule has 0 atom stereocenters. The van der Waals surface area contributed by atoms with Crippen LogP contribution in [-0.4, -0.2) is 18.4 Å². The van der Waals surface area contributed by atoms with Crippen molar-refractivity contribution in [3.8, 4) is 5.75 Å². The molecule has 0 aliphatic carbocycles. The van der Waals surface area contributed by atoms with Crippen molar-refractivity contribution in [1.29, 1.82) is 0 Å².